The standard InChI is InChI=1S/C18H20N2O/c21-18(19-13-15-7-2-1-3-8-15)14-20-12-6-10-16-9-4-5-11-17(16)20/h1-5,7-9,11H,6,10,12-14H2,(H,19,21). The number of carbonyl (C=O) groups is 1. The highest BCUT2D eigenvalue weighted by molar-refractivity contribution is 5.81. The molecule has 1 N–H and O–H groups in total. The molecule has 0 aliphatic carbocycles. The van der Waals surface area contributed by atoms with Gasteiger partial charge in [0.1, 0.15) is 0 Å². The van der Waals surface area contributed by atoms with Gasteiger partial charge in [0.05, 0.1) is 6.54 Å². The molecule has 3 nitrogen and oxygen atoms in total. The molecular formula is C18H20N2O. The van der Waals surface area contributed by atoms with E-state index in [2.05, 4.69) is 28.4 Å². The smallest absolute Gasteiger partial charge is 0.239 e. The lowest BCUT2D eigenvalue weighted by Gasteiger charge is -2.30. The first-order chi connectivity index (χ1) is 10.3. The summed E-state index contributed by atoms with van der Waals surface area (Å²) < 4.78 is 0. The fourth-order valence-corrected chi connectivity index (χ4v) is 2.80. The van der Waals surface area contributed by atoms with Gasteiger partial charge in [-0.2, -0.15) is 0 Å². The summed E-state index contributed by atoms with van der Waals surface area (Å²) in [6.07, 6.45) is 2.22. The van der Waals surface area contributed by atoms with Crippen LogP contribution in [0.5, 0.6) is 0 Å². The molecule has 0 fully saturated rings. The molecule has 0 spiro atoms. The molecular weight excluding hydrogens is 260 g/mol. The van der Waals surface area contributed by atoms with Gasteiger partial charge in [-0.15, -0.1) is 0 Å². The predicted molar refractivity (Wildman–Crippen MR) is 85.3 cm³/mol. The lowest BCUT2D eigenvalue weighted by Crippen LogP contribution is -2.39. The second kappa shape index (κ2) is 6.44. The molecule has 0 bridgehead atoms. The molecule has 0 saturated heterocycles. The first kappa shape index (κ1) is 13.7. The van der Waals surface area contributed by atoms with Crippen LogP contribution < -0.4 is 10.2 Å². The lowest BCUT2D eigenvalue weighted by molar-refractivity contribution is -0.119. The molecule has 0 radical (unpaired) electrons. The van der Waals surface area contributed by atoms with Crippen molar-refractivity contribution in [2.45, 2.75) is 19.4 Å². The van der Waals surface area contributed by atoms with E-state index in [1.807, 2.05) is 36.4 Å². The number of hydrogen-bond acceptors (Lipinski definition) is 2. The number of amides is 1. The molecule has 21 heavy (non-hydrogen) atoms. The highest BCUT2D eigenvalue weighted by atomic mass is 16.2. The summed E-state index contributed by atoms with van der Waals surface area (Å²) in [6.45, 7) is 1.98. The van der Waals surface area contributed by atoms with Crippen LogP contribution in [0.3, 0.4) is 0 Å². The summed E-state index contributed by atoms with van der Waals surface area (Å²) in [5.41, 5.74) is 3.68. The molecule has 3 heteroatoms. The van der Waals surface area contributed by atoms with Crippen LogP contribution in [0.25, 0.3) is 0 Å². The van der Waals surface area contributed by atoms with Gasteiger partial charge in [-0.3, -0.25) is 4.79 Å². The van der Waals surface area contributed by atoms with Gasteiger partial charge in [0.25, 0.3) is 0 Å². The van der Waals surface area contributed by atoms with Crippen LogP contribution in [-0.2, 0) is 17.8 Å². The third kappa shape index (κ3) is 3.43. The number of anilines is 1. The number of nitrogens with one attached hydrogen (secondary N) is 1. The van der Waals surface area contributed by atoms with E-state index in [1.165, 1.54) is 11.3 Å². The summed E-state index contributed by atoms with van der Waals surface area (Å²) in [7, 11) is 0. The van der Waals surface area contributed by atoms with Gasteiger partial charge in [-0.05, 0) is 30.0 Å². The molecule has 2 aromatic rings. The molecule has 1 aliphatic rings. The Kier molecular flexibility index (Phi) is 4.20. The van der Waals surface area contributed by atoms with E-state index in [4.69, 9.17) is 0 Å². The third-order valence-electron chi connectivity index (χ3n) is 3.87. The minimum absolute atomic E-state index is 0.0792. The highest BCUT2D eigenvalue weighted by Gasteiger charge is 2.18. The van der Waals surface area contributed by atoms with Crippen LogP contribution in [0.1, 0.15) is 17.5 Å². The summed E-state index contributed by atoms with van der Waals surface area (Å²) in [6, 6.07) is 18.4. The Bertz CT molecular complexity index is 610. The van der Waals surface area contributed by atoms with Crippen LogP contribution in [-0.4, -0.2) is 19.0 Å². The van der Waals surface area contributed by atoms with E-state index >= 15 is 0 Å². The zero-order valence-corrected chi connectivity index (χ0v) is 12.1. The Morgan fingerprint density at radius 2 is 1.81 bits per heavy atom. The Hall–Kier alpha value is -2.29. The number of fused-ring (bicyclic) bond motifs is 1. The van der Waals surface area contributed by atoms with Crippen molar-refractivity contribution in [1.29, 1.82) is 0 Å². The van der Waals surface area contributed by atoms with Crippen molar-refractivity contribution in [3.63, 3.8) is 0 Å². The lowest BCUT2D eigenvalue weighted by atomic mass is 10.0. The highest BCUT2D eigenvalue weighted by Crippen LogP contribution is 2.26. The molecule has 1 aliphatic heterocycles. The van der Waals surface area contributed by atoms with Crippen molar-refractivity contribution in [2.24, 2.45) is 0 Å². The summed E-state index contributed by atoms with van der Waals surface area (Å²) in [5.74, 6) is 0.0792. The van der Waals surface area contributed by atoms with Crippen LogP contribution in [0.4, 0.5) is 5.69 Å². The minimum atomic E-state index is 0.0792. The first-order valence-electron chi connectivity index (χ1n) is 7.46. The molecule has 1 heterocycles. The molecule has 3 rings (SSSR count). The maximum Gasteiger partial charge on any atom is 0.239 e. The number of hydrogen-bond donors (Lipinski definition) is 1. The van der Waals surface area contributed by atoms with E-state index in [-0.39, 0.29) is 5.91 Å². The molecule has 0 atom stereocenters. The fourth-order valence-electron chi connectivity index (χ4n) is 2.80. The van der Waals surface area contributed by atoms with E-state index in [9.17, 15) is 4.79 Å². The molecule has 0 saturated carbocycles. The number of carbonyl (C=O) groups excluding carboxylic acids is 1. The van der Waals surface area contributed by atoms with E-state index in [0.29, 0.717) is 13.1 Å². The maximum atomic E-state index is 12.1. The second-order valence-electron chi connectivity index (χ2n) is 5.42. The van der Waals surface area contributed by atoms with Gasteiger partial charge >= 0.3 is 0 Å². The van der Waals surface area contributed by atoms with E-state index in [0.717, 1.165) is 24.9 Å². The Morgan fingerprint density at radius 3 is 2.67 bits per heavy atom. The SMILES string of the molecule is O=C(CN1CCCc2ccccc21)NCc1ccccc1. The van der Waals surface area contributed by atoms with Gasteiger partial charge in [0.2, 0.25) is 5.91 Å². The van der Waals surface area contributed by atoms with Crippen LogP contribution in [0, 0.1) is 0 Å². The van der Waals surface area contributed by atoms with E-state index < -0.39 is 0 Å². The Balaban J connectivity index is 1.58. The Morgan fingerprint density at radius 1 is 1.05 bits per heavy atom. The molecule has 2 aromatic carbocycles. The maximum absolute atomic E-state index is 12.1. The van der Waals surface area contributed by atoms with Crippen molar-refractivity contribution in [1.82, 2.24) is 5.32 Å². The Labute approximate surface area is 125 Å². The third-order valence-corrected chi connectivity index (χ3v) is 3.87. The average molecular weight is 280 g/mol. The second-order valence-corrected chi connectivity index (χ2v) is 5.42. The zero-order valence-electron chi connectivity index (χ0n) is 12.1. The van der Waals surface area contributed by atoms with Crippen LogP contribution in [0.15, 0.2) is 54.6 Å². The number of para-hydroxylation sites is 1. The normalized spacial score (nSPS) is 13.6. The summed E-state index contributed by atoms with van der Waals surface area (Å²) >= 11 is 0. The van der Waals surface area contributed by atoms with Gasteiger partial charge in [-0.1, -0.05) is 48.5 Å². The van der Waals surface area contributed by atoms with Gasteiger partial charge in [0.15, 0.2) is 0 Å². The number of rotatable bonds is 4. The van der Waals surface area contributed by atoms with E-state index in [1.54, 1.807) is 0 Å². The number of aryl methyl sites for hydroxylation is 1. The van der Waals surface area contributed by atoms with Crippen molar-refractivity contribution in [3.8, 4) is 0 Å². The van der Waals surface area contributed by atoms with Crippen LogP contribution in [0.2, 0.25) is 0 Å². The number of nitrogens with zero attached hydrogens (tertiary/aromatic N) is 1. The number of benzene rings is 2. The summed E-state index contributed by atoms with van der Waals surface area (Å²) in [4.78, 5) is 14.3. The minimum Gasteiger partial charge on any atom is -0.362 e. The summed E-state index contributed by atoms with van der Waals surface area (Å²) in [5, 5.41) is 3.00. The van der Waals surface area contributed by atoms with Crippen molar-refractivity contribution >= 4 is 11.6 Å². The van der Waals surface area contributed by atoms with Crippen molar-refractivity contribution in [3.05, 3.63) is 65.7 Å². The topological polar surface area (TPSA) is 32.3 Å². The zero-order chi connectivity index (χ0) is 14.5. The average Bonchev–Trinajstić information content (AvgIpc) is 2.54. The quantitative estimate of drug-likeness (QED) is 0.934. The van der Waals surface area contributed by atoms with Crippen LogP contribution >= 0.6 is 0 Å². The molecule has 0 aromatic heterocycles. The molecule has 0 unspecified atom stereocenters. The molecule has 1 amide bonds. The largest absolute Gasteiger partial charge is 0.362 e. The predicted octanol–water partition coefficient (Wildman–Crippen LogP) is 2.76. The molecule has 108 valence electrons. The fraction of sp³-hybridized carbons (Fsp3) is 0.278. The van der Waals surface area contributed by atoms with Crippen molar-refractivity contribution in [2.75, 3.05) is 18.0 Å². The van der Waals surface area contributed by atoms with Gasteiger partial charge < -0.3 is 10.2 Å². The van der Waals surface area contributed by atoms with Gasteiger partial charge in [0, 0.05) is 18.8 Å². The van der Waals surface area contributed by atoms with Crippen molar-refractivity contribution < 1.29 is 4.79 Å². The van der Waals surface area contributed by atoms with Gasteiger partial charge in [-0.25, -0.2) is 0 Å². The monoisotopic (exact) mass is 280 g/mol. The first-order valence-corrected chi connectivity index (χ1v) is 7.46.